The zero-order valence-electron chi connectivity index (χ0n) is 12.1. The molecule has 1 amide bonds. The van der Waals surface area contributed by atoms with Gasteiger partial charge in [0.05, 0.1) is 10.7 Å². The monoisotopic (exact) mass is 297 g/mol. The number of phenolic OH excluding ortho intramolecular Hbond substituents is 1. The molecule has 0 aliphatic rings. The fraction of sp³-hybridized carbons (Fsp3) is 0.562. The number of unbranched alkanes of at least 4 members (excludes halogenated alkanes) is 6. The SMILES string of the molecule is CCCCCCCCCC(=O)Nc1ccc(O)cc1Cl. The second kappa shape index (κ2) is 9.65. The molecule has 0 radical (unpaired) electrons. The molecule has 0 spiro atoms. The summed E-state index contributed by atoms with van der Waals surface area (Å²) in [6.45, 7) is 2.21. The third-order valence-electron chi connectivity index (χ3n) is 3.23. The van der Waals surface area contributed by atoms with E-state index in [9.17, 15) is 9.90 Å². The first-order chi connectivity index (χ1) is 9.63. The summed E-state index contributed by atoms with van der Waals surface area (Å²) in [6, 6.07) is 4.54. The van der Waals surface area contributed by atoms with Crippen molar-refractivity contribution in [1.82, 2.24) is 0 Å². The van der Waals surface area contributed by atoms with Crippen molar-refractivity contribution in [3.63, 3.8) is 0 Å². The molecule has 0 saturated heterocycles. The number of amides is 1. The molecular weight excluding hydrogens is 274 g/mol. The number of hydrogen-bond donors (Lipinski definition) is 2. The average Bonchev–Trinajstić information content (AvgIpc) is 2.41. The minimum atomic E-state index is -0.0221. The molecule has 0 heterocycles. The number of anilines is 1. The number of phenols is 1. The Balaban J connectivity index is 2.17. The van der Waals surface area contributed by atoms with Gasteiger partial charge in [0.1, 0.15) is 5.75 Å². The molecule has 0 aliphatic carbocycles. The molecule has 20 heavy (non-hydrogen) atoms. The molecule has 0 fully saturated rings. The van der Waals surface area contributed by atoms with Crippen molar-refractivity contribution in [2.24, 2.45) is 0 Å². The molecule has 0 saturated carbocycles. The van der Waals surface area contributed by atoms with Gasteiger partial charge in [-0.3, -0.25) is 4.79 Å². The van der Waals surface area contributed by atoms with Crippen molar-refractivity contribution < 1.29 is 9.90 Å². The van der Waals surface area contributed by atoms with Crippen LogP contribution in [0.2, 0.25) is 5.02 Å². The van der Waals surface area contributed by atoms with Gasteiger partial charge in [-0.1, -0.05) is 57.0 Å². The predicted molar refractivity (Wildman–Crippen MR) is 84.4 cm³/mol. The molecular formula is C16H24ClNO2. The van der Waals surface area contributed by atoms with Crippen LogP contribution >= 0.6 is 11.6 Å². The van der Waals surface area contributed by atoms with Crippen molar-refractivity contribution in [2.75, 3.05) is 5.32 Å². The normalized spacial score (nSPS) is 10.5. The van der Waals surface area contributed by atoms with Crippen molar-refractivity contribution in [3.8, 4) is 5.75 Å². The van der Waals surface area contributed by atoms with E-state index in [0.29, 0.717) is 17.1 Å². The van der Waals surface area contributed by atoms with Crippen molar-refractivity contribution in [1.29, 1.82) is 0 Å². The van der Waals surface area contributed by atoms with Crippen LogP contribution in [0.1, 0.15) is 58.3 Å². The first kappa shape index (κ1) is 16.8. The molecule has 1 rings (SSSR count). The van der Waals surface area contributed by atoms with Gasteiger partial charge < -0.3 is 10.4 Å². The van der Waals surface area contributed by atoms with E-state index in [1.54, 1.807) is 6.07 Å². The lowest BCUT2D eigenvalue weighted by molar-refractivity contribution is -0.116. The second-order valence-corrected chi connectivity index (χ2v) is 5.49. The lowest BCUT2D eigenvalue weighted by Crippen LogP contribution is -2.11. The number of carbonyl (C=O) groups excluding carboxylic acids is 1. The molecule has 1 aromatic rings. The van der Waals surface area contributed by atoms with Crippen molar-refractivity contribution >= 4 is 23.2 Å². The van der Waals surface area contributed by atoms with Gasteiger partial charge in [-0.15, -0.1) is 0 Å². The topological polar surface area (TPSA) is 49.3 Å². The molecule has 0 aliphatic heterocycles. The fourth-order valence-electron chi connectivity index (χ4n) is 2.06. The zero-order valence-corrected chi connectivity index (χ0v) is 12.9. The van der Waals surface area contributed by atoms with E-state index in [1.807, 2.05) is 0 Å². The molecule has 0 aromatic heterocycles. The van der Waals surface area contributed by atoms with E-state index in [2.05, 4.69) is 12.2 Å². The number of nitrogens with one attached hydrogen (secondary N) is 1. The Bertz CT molecular complexity index is 421. The summed E-state index contributed by atoms with van der Waals surface area (Å²) >= 11 is 5.93. The van der Waals surface area contributed by atoms with E-state index in [4.69, 9.17) is 11.6 Å². The summed E-state index contributed by atoms with van der Waals surface area (Å²) in [5.74, 6) is 0.0752. The minimum absolute atomic E-state index is 0.0221. The van der Waals surface area contributed by atoms with E-state index in [-0.39, 0.29) is 11.7 Å². The van der Waals surface area contributed by atoms with Crippen LogP contribution in [-0.2, 0) is 4.79 Å². The minimum Gasteiger partial charge on any atom is -0.508 e. The highest BCUT2D eigenvalue weighted by atomic mass is 35.5. The largest absolute Gasteiger partial charge is 0.508 e. The quantitative estimate of drug-likeness (QED) is 0.490. The third-order valence-corrected chi connectivity index (χ3v) is 3.55. The highest BCUT2D eigenvalue weighted by Gasteiger charge is 2.06. The molecule has 112 valence electrons. The molecule has 0 atom stereocenters. The van der Waals surface area contributed by atoms with Crippen LogP contribution in [0.3, 0.4) is 0 Å². The van der Waals surface area contributed by atoms with Crippen molar-refractivity contribution in [3.05, 3.63) is 23.2 Å². The van der Waals surface area contributed by atoms with E-state index in [1.165, 1.54) is 44.2 Å². The summed E-state index contributed by atoms with van der Waals surface area (Å²) in [4.78, 5) is 11.8. The number of aromatic hydroxyl groups is 1. The van der Waals surface area contributed by atoms with Crippen LogP contribution in [0.5, 0.6) is 5.75 Å². The molecule has 1 aromatic carbocycles. The van der Waals surface area contributed by atoms with Gasteiger partial charge in [0.2, 0.25) is 5.91 Å². The predicted octanol–water partition coefficient (Wildman–Crippen LogP) is 5.12. The van der Waals surface area contributed by atoms with Gasteiger partial charge in [-0.25, -0.2) is 0 Å². The van der Waals surface area contributed by atoms with Gasteiger partial charge in [-0.2, -0.15) is 0 Å². The Morgan fingerprint density at radius 2 is 1.80 bits per heavy atom. The second-order valence-electron chi connectivity index (χ2n) is 5.08. The van der Waals surface area contributed by atoms with Crippen LogP contribution in [-0.4, -0.2) is 11.0 Å². The highest BCUT2D eigenvalue weighted by molar-refractivity contribution is 6.33. The number of carbonyl (C=O) groups is 1. The zero-order chi connectivity index (χ0) is 14.8. The molecule has 2 N–H and O–H groups in total. The van der Waals surface area contributed by atoms with Crippen LogP contribution in [0.25, 0.3) is 0 Å². The van der Waals surface area contributed by atoms with Gasteiger partial charge in [0.25, 0.3) is 0 Å². The number of hydrogen-bond acceptors (Lipinski definition) is 2. The lowest BCUT2D eigenvalue weighted by atomic mass is 10.1. The Hall–Kier alpha value is -1.22. The van der Waals surface area contributed by atoms with Gasteiger partial charge in [-0.05, 0) is 18.6 Å². The van der Waals surface area contributed by atoms with Gasteiger partial charge in [0, 0.05) is 12.5 Å². The van der Waals surface area contributed by atoms with E-state index in [0.717, 1.165) is 12.8 Å². The standard InChI is InChI=1S/C16H24ClNO2/c1-2-3-4-5-6-7-8-9-16(20)18-15-11-10-13(19)12-14(15)17/h10-12,19H,2-9H2,1H3,(H,18,20). The maximum atomic E-state index is 11.8. The highest BCUT2D eigenvalue weighted by Crippen LogP contribution is 2.26. The molecule has 0 unspecified atom stereocenters. The summed E-state index contributed by atoms with van der Waals surface area (Å²) < 4.78 is 0. The Labute approximate surface area is 126 Å². The Morgan fingerprint density at radius 3 is 2.45 bits per heavy atom. The van der Waals surface area contributed by atoms with Gasteiger partial charge >= 0.3 is 0 Å². The van der Waals surface area contributed by atoms with Crippen molar-refractivity contribution in [2.45, 2.75) is 58.3 Å². The maximum absolute atomic E-state index is 11.8. The third kappa shape index (κ3) is 6.80. The smallest absolute Gasteiger partial charge is 0.224 e. The first-order valence-electron chi connectivity index (χ1n) is 7.42. The number of halogens is 1. The summed E-state index contributed by atoms with van der Waals surface area (Å²) in [7, 11) is 0. The average molecular weight is 298 g/mol. The molecule has 0 bridgehead atoms. The first-order valence-corrected chi connectivity index (χ1v) is 7.79. The number of benzene rings is 1. The van der Waals surface area contributed by atoms with E-state index >= 15 is 0 Å². The Kier molecular flexibility index (Phi) is 8.12. The van der Waals surface area contributed by atoms with Crippen LogP contribution in [0.15, 0.2) is 18.2 Å². The maximum Gasteiger partial charge on any atom is 0.224 e. The fourth-order valence-corrected chi connectivity index (χ4v) is 2.28. The number of rotatable bonds is 9. The summed E-state index contributed by atoms with van der Waals surface area (Å²) in [5, 5.41) is 12.4. The molecule has 4 heteroatoms. The lowest BCUT2D eigenvalue weighted by Gasteiger charge is -2.07. The summed E-state index contributed by atoms with van der Waals surface area (Å²) in [6.07, 6.45) is 8.85. The summed E-state index contributed by atoms with van der Waals surface area (Å²) in [5.41, 5.74) is 0.553. The molecule has 3 nitrogen and oxygen atoms in total. The van der Waals surface area contributed by atoms with Crippen LogP contribution < -0.4 is 5.32 Å². The van der Waals surface area contributed by atoms with Crippen LogP contribution in [0, 0.1) is 0 Å². The van der Waals surface area contributed by atoms with Gasteiger partial charge in [0.15, 0.2) is 0 Å². The Morgan fingerprint density at radius 1 is 1.15 bits per heavy atom. The van der Waals surface area contributed by atoms with Crippen LogP contribution in [0.4, 0.5) is 5.69 Å². The van der Waals surface area contributed by atoms with E-state index < -0.39 is 0 Å².